The molecule has 0 aliphatic carbocycles. The molecule has 1 amide bonds. The van der Waals surface area contributed by atoms with Crippen molar-refractivity contribution in [2.45, 2.75) is 0 Å². The highest BCUT2D eigenvalue weighted by Gasteiger charge is 2.17. The zero-order valence-electron chi connectivity index (χ0n) is 18.1. The van der Waals surface area contributed by atoms with E-state index >= 15 is 0 Å². The molecule has 178 valence electrons. The Hall–Kier alpha value is -4.05. The fraction of sp³-hybridized carbons (Fsp3) is 0. The van der Waals surface area contributed by atoms with Crippen LogP contribution in [0.25, 0.3) is 33.3 Å². The standard InChI is InChI=1S/C25H14Cl2N4O4S/c26-19-6-2-3-15-16(19)4-1-5-17(15)24-29-21-11-13(7-10-22(21)35-24)28-25(36)30-23(32)18-12-14(31(33)34)8-9-20(18)27/h1-12H,(H2,28,30,32,36). The number of amides is 1. The van der Waals surface area contributed by atoms with E-state index in [0.29, 0.717) is 27.7 Å². The lowest BCUT2D eigenvalue weighted by Gasteiger charge is -2.10. The summed E-state index contributed by atoms with van der Waals surface area (Å²) in [6.45, 7) is 0. The van der Waals surface area contributed by atoms with Crippen molar-refractivity contribution in [3.63, 3.8) is 0 Å². The number of thiocarbonyl (C=S) groups is 1. The van der Waals surface area contributed by atoms with E-state index in [1.807, 2.05) is 36.4 Å². The van der Waals surface area contributed by atoms with Gasteiger partial charge in [-0.3, -0.25) is 20.2 Å². The number of halogens is 2. The van der Waals surface area contributed by atoms with Crippen LogP contribution in [0.4, 0.5) is 11.4 Å². The highest BCUT2D eigenvalue weighted by molar-refractivity contribution is 7.80. The number of nitrogens with one attached hydrogen (secondary N) is 2. The highest BCUT2D eigenvalue weighted by Crippen LogP contribution is 2.34. The molecule has 0 aliphatic rings. The topological polar surface area (TPSA) is 110 Å². The van der Waals surface area contributed by atoms with Crippen molar-refractivity contribution in [1.82, 2.24) is 10.3 Å². The first-order chi connectivity index (χ1) is 17.3. The number of aromatic nitrogens is 1. The molecular formula is C25H14Cl2N4O4S. The number of non-ortho nitro benzene ring substituents is 1. The van der Waals surface area contributed by atoms with Crippen molar-refractivity contribution in [2.24, 2.45) is 0 Å². The monoisotopic (exact) mass is 536 g/mol. The number of nitro benzene ring substituents is 1. The van der Waals surface area contributed by atoms with E-state index < -0.39 is 10.8 Å². The molecule has 5 rings (SSSR count). The van der Waals surface area contributed by atoms with Gasteiger partial charge in [0.1, 0.15) is 5.52 Å². The van der Waals surface area contributed by atoms with Gasteiger partial charge in [-0.2, -0.15) is 0 Å². The molecular weight excluding hydrogens is 523 g/mol. The molecule has 1 heterocycles. The Morgan fingerprint density at radius 3 is 2.56 bits per heavy atom. The first kappa shape index (κ1) is 23.7. The average molecular weight is 537 g/mol. The van der Waals surface area contributed by atoms with Crippen LogP contribution in [0.2, 0.25) is 10.0 Å². The lowest BCUT2D eigenvalue weighted by Crippen LogP contribution is -2.34. The molecule has 11 heteroatoms. The van der Waals surface area contributed by atoms with Crippen LogP contribution in [0.5, 0.6) is 0 Å². The first-order valence-electron chi connectivity index (χ1n) is 10.4. The Balaban J connectivity index is 1.37. The van der Waals surface area contributed by atoms with Gasteiger partial charge in [0.15, 0.2) is 10.7 Å². The van der Waals surface area contributed by atoms with Crippen LogP contribution in [0.1, 0.15) is 10.4 Å². The van der Waals surface area contributed by atoms with Gasteiger partial charge in [-0.05, 0) is 54.0 Å². The number of nitro groups is 1. The molecule has 0 aliphatic heterocycles. The summed E-state index contributed by atoms with van der Waals surface area (Å²) in [6.07, 6.45) is 0. The number of oxazole rings is 1. The lowest BCUT2D eigenvalue weighted by atomic mass is 10.0. The molecule has 0 bridgehead atoms. The molecule has 2 N–H and O–H groups in total. The summed E-state index contributed by atoms with van der Waals surface area (Å²) < 4.78 is 5.97. The number of hydrogen-bond donors (Lipinski definition) is 2. The number of benzene rings is 4. The summed E-state index contributed by atoms with van der Waals surface area (Å²) in [5.74, 6) is -0.244. The number of carbonyl (C=O) groups excluding carboxylic acids is 1. The van der Waals surface area contributed by atoms with Gasteiger partial charge in [0.2, 0.25) is 5.89 Å². The van der Waals surface area contributed by atoms with Crippen molar-refractivity contribution < 1.29 is 14.1 Å². The number of anilines is 1. The summed E-state index contributed by atoms with van der Waals surface area (Å²) in [6, 6.07) is 20.1. The number of carbonyl (C=O) groups is 1. The number of rotatable bonds is 4. The molecule has 1 aromatic heterocycles. The van der Waals surface area contributed by atoms with Crippen LogP contribution in [-0.4, -0.2) is 20.9 Å². The third-order valence-corrected chi connectivity index (χ3v) is 6.24. The Bertz CT molecular complexity index is 1700. The van der Waals surface area contributed by atoms with E-state index in [9.17, 15) is 14.9 Å². The van der Waals surface area contributed by atoms with Crippen molar-refractivity contribution in [1.29, 1.82) is 0 Å². The van der Waals surface area contributed by atoms with E-state index in [1.165, 1.54) is 12.1 Å². The molecule has 0 radical (unpaired) electrons. The minimum Gasteiger partial charge on any atom is -0.436 e. The number of nitrogens with zero attached hydrogens (tertiary/aromatic N) is 2. The molecule has 5 aromatic rings. The van der Waals surface area contributed by atoms with Crippen LogP contribution in [-0.2, 0) is 0 Å². The van der Waals surface area contributed by atoms with Gasteiger partial charge >= 0.3 is 0 Å². The second kappa shape index (κ2) is 9.54. The average Bonchev–Trinajstić information content (AvgIpc) is 3.27. The zero-order chi connectivity index (χ0) is 25.4. The predicted octanol–water partition coefficient (Wildman–Crippen LogP) is 6.99. The normalized spacial score (nSPS) is 10.9. The largest absolute Gasteiger partial charge is 0.436 e. The summed E-state index contributed by atoms with van der Waals surface area (Å²) >= 11 is 17.6. The van der Waals surface area contributed by atoms with Crippen molar-refractivity contribution >= 4 is 79.7 Å². The molecule has 0 fully saturated rings. The van der Waals surface area contributed by atoms with Crippen LogP contribution in [0, 0.1) is 10.1 Å². The minimum atomic E-state index is -0.680. The van der Waals surface area contributed by atoms with E-state index in [-0.39, 0.29) is 21.4 Å². The molecule has 0 spiro atoms. The van der Waals surface area contributed by atoms with E-state index in [4.69, 9.17) is 39.8 Å². The molecule has 36 heavy (non-hydrogen) atoms. The number of hydrogen-bond acceptors (Lipinski definition) is 6. The van der Waals surface area contributed by atoms with Crippen molar-refractivity contribution in [3.05, 3.63) is 98.5 Å². The van der Waals surface area contributed by atoms with Gasteiger partial charge in [0.25, 0.3) is 11.6 Å². The maximum Gasteiger partial charge on any atom is 0.270 e. The van der Waals surface area contributed by atoms with Crippen molar-refractivity contribution in [2.75, 3.05) is 5.32 Å². The lowest BCUT2D eigenvalue weighted by molar-refractivity contribution is -0.384. The van der Waals surface area contributed by atoms with Crippen LogP contribution < -0.4 is 10.6 Å². The molecule has 0 saturated heterocycles. The molecule has 8 nitrogen and oxygen atoms in total. The maximum atomic E-state index is 12.6. The number of fused-ring (bicyclic) bond motifs is 2. The first-order valence-corrected chi connectivity index (χ1v) is 11.6. The fourth-order valence-electron chi connectivity index (χ4n) is 3.71. The Labute approximate surface area is 219 Å². The molecule has 0 atom stereocenters. The summed E-state index contributed by atoms with van der Waals surface area (Å²) in [4.78, 5) is 27.6. The van der Waals surface area contributed by atoms with E-state index in [1.54, 1.807) is 18.2 Å². The quantitative estimate of drug-likeness (QED) is 0.144. The van der Waals surface area contributed by atoms with E-state index in [2.05, 4.69) is 15.6 Å². The SMILES string of the molecule is O=C(NC(=S)Nc1ccc2oc(-c3cccc4c(Cl)cccc34)nc2c1)c1cc([N+](=O)[O-])ccc1Cl. The molecule has 0 saturated carbocycles. The fourth-order valence-corrected chi connectivity index (χ4v) is 4.36. The summed E-state index contributed by atoms with van der Waals surface area (Å²) in [5.41, 5.74) is 2.17. The predicted molar refractivity (Wildman–Crippen MR) is 144 cm³/mol. The van der Waals surface area contributed by atoms with Gasteiger partial charge in [0, 0.05) is 33.8 Å². The van der Waals surface area contributed by atoms with Gasteiger partial charge in [-0.25, -0.2) is 4.98 Å². The van der Waals surface area contributed by atoms with Crippen molar-refractivity contribution in [3.8, 4) is 11.5 Å². The van der Waals surface area contributed by atoms with Gasteiger partial charge in [0.05, 0.1) is 15.5 Å². The summed E-state index contributed by atoms with van der Waals surface area (Å²) in [5, 5.41) is 18.9. The second-order valence-electron chi connectivity index (χ2n) is 7.67. The van der Waals surface area contributed by atoms with E-state index in [0.717, 1.165) is 22.4 Å². The third-order valence-electron chi connectivity index (χ3n) is 5.38. The Morgan fingerprint density at radius 1 is 0.972 bits per heavy atom. The molecule has 4 aromatic carbocycles. The zero-order valence-corrected chi connectivity index (χ0v) is 20.4. The van der Waals surface area contributed by atoms with Gasteiger partial charge < -0.3 is 9.73 Å². The molecule has 0 unspecified atom stereocenters. The Morgan fingerprint density at radius 2 is 1.75 bits per heavy atom. The summed E-state index contributed by atoms with van der Waals surface area (Å²) in [7, 11) is 0. The van der Waals surface area contributed by atoms with Gasteiger partial charge in [-0.1, -0.05) is 47.5 Å². The van der Waals surface area contributed by atoms with Crippen LogP contribution in [0.3, 0.4) is 0 Å². The van der Waals surface area contributed by atoms with Crippen LogP contribution >= 0.6 is 35.4 Å². The Kier molecular flexibility index (Phi) is 6.27. The minimum absolute atomic E-state index is 0.0191. The third kappa shape index (κ3) is 4.59. The highest BCUT2D eigenvalue weighted by atomic mass is 35.5. The van der Waals surface area contributed by atoms with Crippen LogP contribution in [0.15, 0.2) is 77.2 Å². The maximum absolute atomic E-state index is 12.6. The smallest absolute Gasteiger partial charge is 0.270 e. The second-order valence-corrected chi connectivity index (χ2v) is 8.89. The van der Waals surface area contributed by atoms with Gasteiger partial charge in [-0.15, -0.1) is 0 Å².